The predicted octanol–water partition coefficient (Wildman–Crippen LogP) is 1.33. The molecule has 0 aliphatic heterocycles. The lowest BCUT2D eigenvalue weighted by Crippen LogP contribution is -2.08. The average Bonchev–Trinajstić information content (AvgIpc) is 2.47. The molecule has 2 aromatic rings. The number of methoxy groups -OCH3 is 2. The molecule has 0 aliphatic rings. The van der Waals surface area contributed by atoms with Crippen molar-refractivity contribution in [3.05, 3.63) is 36.7 Å². The van der Waals surface area contributed by atoms with Gasteiger partial charge >= 0.3 is 0 Å². The maximum atomic E-state index is 12.5. The van der Waals surface area contributed by atoms with Crippen molar-refractivity contribution >= 4 is 9.84 Å². The first-order chi connectivity index (χ1) is 9.11. The third-order valence-corrected chi connectivity index (χ3v) is 4.14. The highest BCUT2D eigenvalue weighted by molar-refractivity contribution is 7.91. The van der Waals surface area contributed by atoms with Crippen LogP contribution < -0.4 is 9.47 Å². The van der Waals surface area contributed by atoms with E-state index in [2.05, 4.69) is 9.97 Å². The van der Waals surface area contributed by atoms with Gasteiger partial charge in [0.2, 0.25) is 20.6 Å². The van der Waals surface area contributed by atoms with E-state index in [1.165, 1.54) is 26.4 Å². The summed E-state index contributed by atoms with van der Waals surface area (Å²) in [5.41, 5.74) is 0. The second-order valence-corrected chi connectivity index (χ2v) is 5.40. The number of nitrogens with zero attached hydrogens (tertiary/aromatic N) is 2. The molecule has 0 bridgehead atoms. The van der Waals surface area contributed by atoms with Crippen LogP contribution in [0.3, 0.4) is 0 Å². The van der Waals surface area contributed by atoms with Crippen LogP contribution in [0.1, 0.15) is 0 Å². The topological polar surface area (TPSA) is 78.4 Å². The van der Waals surface area contributed by atoms with E-state index in [4.69, 9.17) is 9.47 Å². The summed E-state index contributed by atoms with van der Waals surface area (Å²) in [6, 6.07) is 7.99. The Kier molecular flexibility index (Phi) is 3.66. The van der Waals surface area contributed by atoms with Gasteiger partial charge in [-0.1, -0.05) is 18.2 Å². The molecule has 0 fully saturated rings. The molecule has 0 spiro atoms. The minimum absolute atomic E-state index is 0.00569. The number of ether oxygens (including phenoxy) is 2. The molecule has 0 atom stereocenters. The molecule has 0 saturated carbocycles. The second kappa shape index (κ2) is 5.23. The fourth-order valence-electron chi connectivity index (χ4n) is 1.57. The van der Waals surface area contributed by atoms with E-state index in [0.717, 1.165) is 6.33 Å². The lowest BCUT2D eigenvalue weighted by atomic mass is 10.4. The Balaban J connectivity index is 2.65. The molecule has 100 valence electrons. The normalized spacial score (nSPS) is 11.1. The van der Waals surface area contributed by atoms with Gasteiger partial charge in [-0.2, -0.15) is 4.98 Å². The van der Waals surface area contributed by atoms with Crippen LogP contribution in [-0.4, -0.2) is 32.6 Å². The van der Waals surface area contributed by atoms with Gasteiger partial charge in [-0.05, 0) is 12.1 Å². The third-order valence-electron chi connectivity index (χ3n) is 2.44. The van der Waals surface area contributed by atoms with Gasteiger partial charge in [0.25, 0.3) is 5.88 Å². The van der Waals surface area contributed by atoms with Crippen LogP contribution in [0.15, 0.2) is 46.6 Å². The van der Waals surface area contributed by atoms with Gasteiger partial charge in [-0.15, -0.1) is 0 Å². The smallest absolute Gasteiger partial charge is 0.261 e. The van der Waals surface area contributed by atoms with Gasteiger partial charge in [0.1, 0.15) is 6.33 Å². The lowest BCUT2D eigenvalue weighted by molar-refractivity contribution is 0.331. The lowest BCUT2D eigenvalue weighted by Gasteiger charge is -2.10. The van der Waals surface area contributed by atoms with Crippen molar-refractivity contribution in [2.24, 2.45) is 0 Å². The highest BCUT2D eigenvalue weighted by atomic mass is 32.2. The quantitative estimate of drug-likeness (QED) is 0.786. The average molecular weight is 280 g/mol. The van der Waals surface area contributed by atoms with Crippen LogP contribution in [0.2, 0.25) is 0 Å². The minimum Gasteiger partial charge on any atom is -0.489 e. The molecule has 0 saturated heterocycles. The number of benzene rings is 1. The summed E-state index contributed by atoms with van der Waals surface area (Å²) in [5.74, 6) is 0.0702. The molecule has 0 unspecified atom stereocenters. The maximum absolute atomic E-state index is 12.5. The molecule has 0 radical (unpaired) electrons. The van der Waals surface area contributed by atoms with Crippen molar-refractivity contribution in [3.8, 4) is 11.6 Å². The zero-order valence-corrected chi connectivity index (χ0v) is 11.2. The van der Waals surface area contributed by atoms with E-state index in [1.807, 2.05) is 0 Å². The van der Waals surface area contributed by atoms with Gasteiger partial charge in [0.05, 0.1) is 19.1 Å². The number of aromatic nitrogens is 2. The van der Waals surface area contributed by atoms with E-state index in [1.54, 1.807) is 18.2 Å². The molecule has 1 aromatic heterocycles. The molecule has 19 heavy (non-hydrogen) atoms. The van der Waals surface area contributed by atoms with Crippen LogP contribution >= 0.6 is 0 Å². The molecular formula is C12H12N2O4S. The standard InChI is InChI=1S/C12H12N2O4S/c1-17-10-11(18-2)13-8-14-12(10)19(15,16)9-6-4-3-5-7-9/h3-8H,1-2H3. The molecule has 1 aromatic carbocycles. The van der Waals surface area contributed by atoms with E-state index in [-0.39, 0.29) is 21.6 Å². The van der Waals surface area contributed by atoms with Crippen LogP contribution in [0.5, 0.6) is 11.6 Å². The third kappa shape index (κ3) is 2.37. The molecule has 0 amide bonds. The Morgan fingerprint density at radius 1 is 1.00 bits per heavy atom. The molecule has 6 nitrogen and oxygen atoms in total. The molecular weight excluding hydrogens is 268 g/mol. The number of hydrogen-bond acceptors (Lipinski definition) is 6. The van der Waals surface area contributed by atoms with E-state index in [9.17, 15) is 8.42 Å². The molecule has 1 heterocycles. The number of sulfone groups is 1. The SMILES string of the molecule is COc1ncnc(S(=O)(=O)c2ccccc2)c1OC. The highest BCUT2D eigenvalue weighted by Crippen LogP contribution is 2.33. The Hall–Kier alpha value is -2.15. The number of rotatable bonds is 4. The molecule has 2 rings (SSSR count). The summed E-state index contributed by atoms with van der Waals surface area (Å²) in [5, 5.41) is -0.215. The fraction of sp³-hybridized carbons (Fsp3) is 0.167. The van der Waals surface area contributed by atoms with Crippen LogP contribution in [0.4, 0.5) is 0 Å². The zero-order valence-electron chi connectivity index (χ0n) is 10.4. The molecule has 0 N–H and O–H groups in total. The Labute approximate surface area is 111 Å². The zero-order chi connectivity index (χ0) is 13.9. The summed E-state index contributed by atoms with van der Waals surface area (Å²) in [7, 11) is -1.05. The molecule has 0 aliphatic carbocycles. The molecule has 7 heteroatoms. The Bertz CT molecular complexity index is 671. The summed E-state index contributed by atoms with van der Waals surface area (Å²) < 4.78 is 34.9. The largest absolute Gasteiger partial charge is 0.489 e. The van der Waals surface area contributed by atoms with Crippen LogP contribution in [0.25, 0.3) is 0 Å². The Morgan fingerprint density at radius 2 is 1.68 bits per heavy atom. The van der Waals surface area contributed by atoms with E-state index >= 15 is 0 Å². The van der Waals surface area contributed by atoms with Crippen molar-refractivity contribution in [1.82, 2.24) is 9.97 Å². The highest BCUT2D eigenvalue weighted by Gasteiger charge is 2.26. The summed E-state index contributed by atoms with van der Waals surface area (Å²) in [6.45, 7) is 0. The second-order valence-electron chi connectivity index (χ2n) is 3.54. The van der Waals surface area contributed by atoms with Crippen LogP contribution in [-0.2, 0) is 9.84 Å². The Morgan fingerprint density at radius 3 is 2.26 bits per heavy atom. The maximum Gasteiger partial charge on any atom is 0.261 e. The van der Waals surface area contributed by atoms with Gasteiger partial charge in [0, 0.05) is 0 Å². The minimum atomic E-state index is -3.77. The first kappa shape index (κ1) is 13.3. The first-order valence-corrected chi connectivity index (χ1v) is 6.82. The monoisotopic (exact) mass is 280 g/mol. The van der Waals surface area contributed by atoms with Gasteiger partial charge in [-0.3, -0.25) is 0 Å². The fourth-order valence-corrected chi connectivity index (χ4v) is 2.90. The van der Waals surface area contributed by atoms with Gasteiger partial charge in [0.15, 0.2) is 0 Å². The summed E-state index contributed by atoms with van der Waals surface area (Å²) in [4.78, 5) is 7.75. The van der Waals surface area contributed by atoms with E-state index < -0.39 is 9.84 Å². The first-order valence-electron chi connectivity index (χ1n) is 5.34. The van der Waals surface area contributed by atoms with Crippen molar-refractivity contribution in [1.29, 1.82) is 0 Å². The van der Waals surface area contributed by atoms with Crippen molar-refractivity contribution < 1.29 is 17.9 Å². The van der Waals surface area contributed by atoms with E-state index in [0.29, 0.717) is 0 Å². The summed E-state index contributed by atoms with van der Waals surface area (Å²) >= 11 is 0. The van der Waals surface area contributed by atoms with Gasteiger partial charge in [-0.25, -0.2) is 13.4 Å². The van der Waals surface area contributed by atoms with Crippen molar-refractivity contribution in [2.45, 2.75) is 9.92 Å². The van der Waals surface area contributed by atoms with Crippen molar-refractivity contribution in [3.63, 3.8) is 0 Å². The van der Waals surface area contributed by atoms with Crippen LogP contribution in [0, 0.1) is 0 Å². The van der Waals surface area contributed by atoms with Crippen molar-refractivity contribution in [2.75, 3.05) is 14.2 Å². The summed E-state index contributed by atoms with van der Waals surface area (Å²) in [6.07, 6.45) is 1.12. The number of hydrogen-bond donors (Lipinski definition) is 0. The van der Waals surface area contributed by atoms with Gasteiger partial charge < -0.3 is 9.47 Å². The predicted molar refractivity (Wildman–Crippen MR) is 67.0 cm³/mol.